The summed E-state index contributed by atoms with van der Waals surface area (Å²) < 4.78 is 59.4. The highest BCUT2D eigenvalue weighted by molar-refractivity contribution is 5.97. The van der Waals surface area contributed by atoms with E-state index >= 15 is 0 Å². The van der Waals surface area contributed by atoms with Gasteiger partial charge in [0, 0.05) is 23.3 Å². The Morgan fingerprint density at radius 3 is 2.62 bits per heavy atom. The summed E-state index contributed by atoms with van der Waals surface area (Å²) in [5, 5.41) is 6.03. The number of nitrogens with one attached hydrogen (secondary N) is 2. The van der Waals surface area contributed by atoms with Gasteiger partial charge in [-0.15, -0.1) is 0 Å². The van der Waals surface area contributed by atoms with Crippen molar-refractivity contribution in [3.05, 3.63) is 47.2 Å². The van der Waals surface area contributed by atoms with Crippen LogP contribution in [0.1, 0.15) is 95.9 Å². The Kier molecular flexibility index (Phi) is 9.99. The number of esters is 1. The van der Waals surface area contributed by atoms with E-state index in [9.17, 15) is 32.3 Å². The van der Waals surface area contributed by atoms with Crippen molar-refractivity contribution in [3.8, 4) is 5.75 Å². The molecule has 4 heterocycles. The highest BCUT2D eigenvalue weighted by atomic mass is 19.4. The third-order valence-corrected chi connectivity index (χ3v) is 10.4. The van der Waals surface area contributed by atoms with E-state index in [0.29, 0.717) is 48.8 Å². The van der Waals surface area contributed by atoms with Crippen molar-refractivity contribution in [3.63, 3.8) is 0 Å². The molecule has 1 aromatic carbocycles. The number of pyridine rings is 1. The second-order valence-corrected chi connectivity index (χ2v) is 15.4. The molecule has 2 aromatic rings. The van der Waals surface area contributed by atoms with Crippen molar-refractivity contribution in [2.75, 3.05) is 13.2 Å². The first kappa shape index (κ1) is 37.4. The van der Waals surface area contributed by atoms with E-state index in [1.165, 1.54) is 11.0 Å². The molecule has 6 rings (SSSR count). The maximum absolute atomic E-state index is 14.6. The van der Waals surface area contributed by atoms with Crippen LogP contribution in [-0.2, 0) is 36.5 Å². The van der Waals surface area contributed by atoms with Crippen LogP contribution in [-0.4, -0.2) is 75.7 Å². The molecule has 5 unspecified atom stereocenters. The van der Waals surface area contributed by atoms with Crippen LogP contribution in [0.3, 0.4) is 0 Å². The summed E-state index contributed by atoms with van der Waals surface area (Å²) in [6.45, 7) is 8.52. The third kappa shape index (κ3) is 7.43. The van der Waals surface area contributed by atoms with Gasteiger partial charge in [0.15, 0.2) is 0 Å². The first-order chi connectivity index (χ1) is 24.5. The van der Waals surface area contributed by atoms with Crippen LogP contribution < -0.4 is 15.4 Å². The SMILES string of the molecule is CCOC(=O)C12CC1C=CCCCCCC(NC(=O)OC(C)(C)C)C(=O)N1CC3(CCc4c(c(C)nc5c(C(F)(F)F)cccc45)O3)CC1C(=O)N2. The topological polar surface area (TPSA) is 136 Å². The molecule has 1 saturated heterocycles. The summed E-state index contributed by atoms with van der Waals surface area (Å²) in [7, 11) is 0. The summed E-state index contributed by atoms with van der Waals surface area (Å²) in [6.07, 6.45) is 2.84. The molecule has 11 nitrogen and oxygen atoms in total. The van der Waals surface area contributed by atoms with Crippen LogP contribution in [0.4, 0.5) is 18.0 Å². The highest BCUT2D eigenvalue weighted by Gasteiger charge is 2.63. The van der Waals surface area contributed by atoms with Crippen molar-refractivity contribution in [1.29, 1.82) is 0 Å². The minimum absolute atomic E-state index is 0.0360. The van der Waals surface area contributed by atoms with E-state index in [1.807, 2.05) is 12.2 Å². The Hall–Kier alpha value is -4.36. The molecule has 1 saturated carbocycles. The number of carbonyl (C=O) groups excluding carboxylic acids is 4. The van der Waals surface area contributed by atoms with Crippen molar-refractivity contribution in [1.82, 2.24) is 20.5 Å². The Morgan fingerprint density at radius 2 is 1.90 bits per heavy atom. The number of hydrogen-bond acceptors (Lipinski definition) is 8. The molecule has 2 N–H and O–H groups in total. The van der Waals surface area contributed by atoms with Gasteiger partial charge in [0.25, 0.3) is 0 Å². The average Bonchev–Trinajstić information content (AvgIpc) is 3.63. The molecule has 2 fully saturated rings. The van der Waals surface area contributed by atoms with Crippen LogP contribution in [0.25, 0.3) is 10.9 Å². The molecule has 3 aliphatic heterocycles. The quantitative estimate of drug-likeness (QED) is 0.287. The maximum Gasteiger partial charge on any atom is 0.418 e. The second-order valence-electron chi connectivity index (χ2n) is 15.4. The van der Waals surface area contributed by atoms with E-state index in [2.05, 4.69) is 15.6 Å². The fraction of sp³-hybridized carbons (Fsp3) is 0.605. The lowest BCUT2D eigenvalue weighted by atomic mass is 9.86. The van der Waals surface area contributed by atoms with Crippen molar-refractivity contribution in [2.24, 2.45) is 5.92 Å². The number of allylic oxidation sites excluding steroid dienone is 1. The molecular formula is C38H47F3N4O7. The number of nitrogens with zero attached hydrogens (tertiary/aromatic N) is 2. The highest BCUT2D eigenvalue weighted by Crippen LogP contribution is 2.48. The third-order valence-electron chi connectivity index (χ3n) is 10.4. The molecule has 282 valence electrons. The lowest BCUT2D eigenvalue weighted by Crippen LogP contribution is -2.57. The number of amides is 3. The molecule has 1 aromatic heterocycles. The summed E-state index contributed by atoms with van der Waals surface area (Å²) in [5.41, 5.74) is -3.35. The Morgan fingerprint density at radius 1 is 1.13 bits per heavy atom. The number of halogens is 3. The number of alkyl halides is 3. The normalized spacial score (nSPS) is 28.1. The lowest BCUT2D eigenvalue weighted by molar-refractivity contribution is -0.150. The van der Waals surface area contributed by atoms with E-state index < -0.39 is 64.4 Å². The van der Waals surface area contributed by atoms with Gasteiger partial charge in [0.1, 0.15) is 34.6 Å². The van der Waals surface area contributed by atoms with Gasteiger partial charge in [-0.1, -0.05) is 37.1 Å². The standard InChI is InChI=1S/C38H47F3N4O7/c1-6-50-33(48)37-19-23(37)13-10-8-7-9-11-16-27(43-34(49)52-35(3,4)5)32(47)45-21-36(20-28(45)31(46)44-37)18-17-25-24-14-12-15-26(38(39,40)41)29(24)42-22(2)30(25)51-36/h10,12-15,23,27-28H,6-9,11,16-21H2,1-5H3,(H,43,49)(H,44,46). The second kappa shape index (κ2) is 13.9. The summed E-state index contributed by atoms with van der Waals surface area (Å²) in [6, 6.07) is 1.83. The first-order valence-electron chi connectivity index (χ1n) is 18.1. The molecule has 4 aliphatic rings. The number of rotatable bonds is 3. The molecule has 0 bridgehead atoms. The van der Waals surface area contributed by atoms with E-state index in [0.717, 1.165) is 25.3 Å². The summed E-state index contributed by atoms with van der Waals surface area (Å²) in [5.74, 6) is -1.55. The fourth-order valence-corrected chi connectivity index (χ4v) is 7.84. The van der Waals surface area contributed by atoms with E-state index in [4.69, 9.17) is 14.2 Å². The van der Waals surface area contributed by atoms with Gasteiger partial charge >= 0.3 is 18.2 Å². The van der Waals surface area contributed by atoms with Crippen LogP contribution >= 0.6 is 0 Å². The van der Waals surface area contributed by atoms with Gasteiger partial charge in [-0.3, -0.25) is 9.59 Å². The lowest BCUT2D eigenvalue weighted by Gasteiger charge is -2.37. The van der Waals surface area contributed by atoms with E-state index in [1.54, 1.807) is 40.7 Å². The zero-order valence-electron chi connectivity index (χ0n) is 30.3. The molecule has 5 atom stereocenters. The number of ether oxygens (including phenoxy) is 3. The fourth-order valence-electron chi connectivity index (χ4n) is 7.84. The van der Waals surface area contributed by atoms with Crippen molar-refractivity contribution < 1.29 is 46.6 Å². The predicted octanol–water partition coefficient (Wildman–Crippen LogP) is 6.08. The number of fused-ring (bicyclic) bond motifs is 5. The minimum atomic E-state index is -4.60. The van der Waals surface area contributed by atoms with Crippen LogP contribution in [0.5, 0.6) is 5.75 Å². The molecule has 1 spiro atoms. The number of carbonyl (C=O) groups is 4. The largest absolute Gasteiger partial charge is 0.483 e. The number of aromatic nitrogens is 1. The van der Waals surface area contributed by atoms with Gasteiger partial charge in [0.2, 0.25) is 11.8 Å². The van der Waals surface area contributed by atoms with Crippen molar-refractivity contribution >= 4 is 34.8 Å². The van der Waals surface area contributed by atoms with Gasteiger partial charge < -0.3 is 29.7 Å². The smallest absolute Gasteiger partial charge is 0.418 e. The maximum atomic E-state index is 14.6. The molecule has 52 heavy (non-hydrogen) atoms. The van der Waals surface area contributed by atoms with Gasteiger partial charge in [0.05, 0.1) is 29.9 Å². The van der Waals surface area contributed by atoms with Crippen LogP contribution in [0, 0.1) is 12.8 Å². The summed E-state index contributed by atoms with van der Waals surface area (Å²) >= 11 is 0. The molecular weight excluding hydrogens is 681 g/mol. The van der Waals surface area contributed by atoms with Gasteiger partial charge in [-0.25, -0.2) is 14.6 Å². The van der Waals surface area contributed by atoms with E-state index in [-0.39, 0.29) is 36.7 Å². The number of alkyl carbamates (subject to hydrolysis) is 1. The molecule has 14 heteroatoms. The number of aryl methyl sites for hydroxylation is 2. The Labute approximate surface area is 301 Å². The monoisotopic (exact) mass is 728 g/mol. The number of benzene rings is 1. The summed E-state index contributed by atoms with van der Waals surface area (Å²) in [4.78, 5) is 61.0. The molecule has 3 amide bonds. The van der Waals surface area contributed by atoms with Gasteiger partial charge in [-0.05, 0) is 79.2 Å². The minimum Gasteiger partial charge on any atom is -0.483 e. The Bertz CT molecular complexity index is 1790. The first-order valence-corrected chi connectivity index (χ1v) is 18.1. The van der Waals surface area contributed by atoms with Crippen molar-refractivity contribution in [2.45, 2.75) is 127 Å². The zero-order valence-corrected chi connectivity index (χ0v) is 30.3. The zero-order chi connectivity index (χ0) is 37.6. The average molecular weight is 729 g/mol. The predicted molar refractivity (Wildman–Crippen MR) is 184 cm³/mol. The van der Waals surface area contributed by atoms with Crippen LogP contribution in [0.2, 0.25) is 0 Å². The van der Waals surface area contributed by atoms with Gasteiger partial charge in [-0.2, -0.15) is 13.2 Å². The molecule has 0 radical (unpaired) electrons. The Balaban J connectivity index is 1.37. The van der Waals surface area contributed by atoms with Crippen LogP contribution in [0.15, 0.2) is 30.4 Å². The number of hydrogen-bond donors (Lipinski definition) is 2. The molecule has 1 aliphatic carbocycles. The number of para-hydroxylation sites is 1.